The van der Waals surface area contributed by atoms with Crippen LogP contribution in [0, 0.1) is 0 Å². The lowest BCUT2D eigenvalue weighted by atomic mass is 10.0. The molecule has 3 N–H and O–H groups in total. The van der Waals surface area contributed by atoms with Crippen LogP contribution < -0.4 is 16.0 Å². The molecule has 7 heteroatoms. The summed E-state index contributed by atoms with van der Waals surface area (Å²) in [6.45, 7) is 4.74. The molecule has 0 radical (unpaired) electrons. The van der Waals surface area contributed by atoms with Gasteiger partial charge in [0, 0.05) is 24.0 Å². The standard InChI is InChI=1S/C12H21N3O2S.C3H8S/c1-2-13-10(16)6-4-3-5-9-11-8(7-18-9)14-12(17)15-11;1-2-3-4/h8-9,11H,2-7H2,1H3,(H,13,16)(H2,14,15,17);4H,2-3H2,1H3. The molecular formula is C15H29N3O2S2. The van der Waals surface area contributed by atoms with Crippen molar-refractivity contribution in [1.82, 2.24) is 16.0 Å². The van der Waals surface area contributed by atoms with Gasteiger partial charge in [0.1, 0.15) is 0 Å². The Morgan fingerprint density at radius 3 is 2.73 bits per heavy atom. The van der Waals surface area contributed by atoms with E-state index >= 15 is 0 Å². The van der Waals surface area contributed by atoms with Crippen LogP contribution in [0.4, 0.5) is 4.79 Å². The van der Waals surface area contributed by atoms with Gasteiger partial charge in [0.05, 0.1) is 12.1 Å². The summed E-state index contributed by atoms with van der Waals surface area (Å²) in [5.41, 5.74) is 0. The second kappa shape index (κ2) is 11.0. The number of hydrogen-bond donors (Lipinski definition) is 4. The molecule has 22 heavy (non-hydrogen) atoms. The Balaban J connectivity index is 0.000000541. The molecule has 0 spiro atoms. The lowest BCUT2D eigenvalue weighted by Crippen LogP contribution is -2.36. The summed E-state index contributed by atoms with van der Waals surface area (Å²) in [7, 11) is 0. The minimum atomic E-state index is -0.0300. The van der Waals surface area contributed by atoms with Crippen molar-refractivity contribution in [3.63, 3.8) is 0 Å². The smallest absolute Gasteiger partial charge is 0.315 e. The van der Waals surface area contributed by atoms with Gasteiger partial charge in [-0.1, -0.05) is 13.3 Å². The van der Waals surface area contributed by atoms with Crippen LogP contribution in [0.3, 0.4) is 0 Å². The minimum absolute atomic E-state index is 0.0300. The maximum atomic E-state index is 11.3. The molecule has 3 amide bonds. The van der Waals surface area contributed by atoms with Crippen molar-refractivity contribution in [3.05, 3.63) is 0 Å². The number of urea groups is 1. The van der Waals surface area contributed by atoms with Gasteiger partial charge in [-0.05, 0) is 31.9 Å². The predicted molar refractivity (Wildman–Crippen MR) is 96.8 cm³/mol. The average molecular weight is 348 g/mol. The van der Waals surface area contributed by atoms with Gasteiger partial charge in [0.2, 0.25) is 5.91 Å². The van der Waals surface area contributed by atoms with Gasteiger partial charge in [0.15, 0.2) is 0 Å². The van der Waals surface area contributed by atoms with E-state index in [1.165, 1.54) is 6.42 Å². The van der Waals surface area contributed by atoms with E-state index in [0.717, 1.165) is 30.8 Å². The summed E-state index contributed by atoms with van der Waals surface area (Å²) in [6, 6.07) is 0.556. The number of carbonyl (C=O) groups excluding carboxylic acids is 2. The number of nitrogens with one attached hydrogen (secondary N) is 3. The van der Waals surface area contributed by atoms with Gasteiger partial charge in [-0.3, -0.25) is 4.79 Å². The first kappa shape index (κ1) is 19.5. The second-order valence-electron chi connectivity index (χ2n) is 5.54. The third-order valence-electron chi connectivity index (χ3n) is 3.68. The fourth-order valence-electron chi connectivity index (χ4n) is 2.56. The van der Waals surface area contributed by atoms with Crippen LogP contribution in [-0.2, 0) is 4.79 Å². The summed E-state index contributed by atoms with van der Waals surface area (Å²) < 4.78 is 0. The average Bonchev–Trinajstić information content (AvgIpc) is 3.04. The highest BCUT2D eigenvalue weighted by Crippen LogP contribution is 2.33. The highest BCUT2D eigenvalue weighted by molar-refractivity contribution is 8.00. The van der Waals surface area contributed by atoms with Crippen molar-refractivity contribution >= 4 is 36.3 Å². The van der Waals surface area contributed by atoms with E-state index in [1.807, 2.05) is 18.7 Å². The zero-order valence-electron chi connectivity index (χ0n) is 13.6. The molecule has 3 unspecified atom stereocenters. The Hall–Kier alpha value is -0.560. The summed E-state index contributed by atoms with van der Waals surface area (Å²) in [5, 5.41) is 9.23. The van der Waals surface area contributed by atoms with Gasteiger partial charge >= 0.3 is 6.03 Å². The molecule has 0 bridgehead atoms. The number of fused-ring (bicyclic) bond motifs is 1. The fraction of sp³-hybridized carbons (Fsp3) is 0.867. The molecule has 0 aromatic heterocycles. The van der Waals surface area contributed by atoms with Crippen molar-refractivity contribution in [2.45, 2.75) is 63.3 Å². The minimum Gasteiger partial charge on any atom is -0.356 e. The molecule has 2 aliphatic heterocycles. The topological polar surface area (TPSA) is 70.2 Å². The van der Waals surface area contributed by atoms with Crippen LogP contribution >= 0.6 is 24.4 Å². The van der Waals surface area contributed by atoms with E-state index in [9.17, 15) is 9.59 Å². The number of unbranched alkanes of at least 4 members (excludes halogenated alkanes) is 1. The van der Waals surface area contributed by atoms with Gasteiger partial charge in [-0.25, -0.2) is 4.79 Å². The maximum absolute atomic E-state index is 11.3. The third kappa shape index (κ3) is 6.69. The number of thiol groups is 1. The molecule has 2 rings (SSSR count). The molecule has 0 aromatic rings. The fourth-order valence-corrected chi connectivity index (χ4v) is 4.10. The van der Waals surface area contributed by atoms with E-state index in [2.05, 4.69) is 35.5 Å². The molecule has 0 aliphatic carbocycles. The van der Waals surface area contributed by atoms with Crippen LogP contribution in [-0.4, -0.2) is 47.3 Å². The van der Waals surface area contributed by atoms with Crippen LogP contribution in [0.1, 0.15) is 46.0 Å². The Morgan fingerprint density at radius 2 is 2.09 bits per heavy atom. The Kier molecular flexibility index (Phi) is 9.79. The largest absolute Gasteiger partial charge is 0.356 e. The number of amides is 3. The van der Waals surface area contributed by atoms with E-state index < -0.39 is 0 Å². The summed E-state index contributed by atoms with van der Waals surface area (Å²) >= 11 is 5.85. The molecule has 2 heterocycles. The molecule has 2 fully saturated rings. The highest BCUT2D eigenvalue weighted by atomic mass is 32.2. The second-order valence-corrected chi connectivity index (χ2v) is 7.26. The van der Waals surface area contributed by atoms with E-state index in [0.29, 0.717) is 24.3 Å². The lowest BCUT2D eigenvalue weighted by molar-refractivity contribution is -0.121. The summed E-state index contributed by atoms with van der Waals surface area (Å²) in [6.07, 6.45) is 4.86. The molecular weight excluding hydrogens is 318 g/mol. The van der Waals surface area contributed by atoms with Crippen molar-refractivity contribution in [3.8, 4) is 0 Å². The molecule has 5 nitrogen and oxygen atoms in total. The quantitative estimate of drug-likeness (QED) is 0.324. The van der Waals surface area contributed by atoms with E-state index in [4.69, 9.17) is 0 Å². The van der Waals surface area contributed by atoms with Crippen molar-refractivity contribution < 1.29 is 9.59 Å². The third-order valence-corrected chi connectivity index (χ3v) is 5.63. The van der Waals surface area contributed by atoms with E-state index in [1.54, 1.807) is 0 Å². The lowest BCUT2D eigenvalue weighted by Gasteiger charge is -2.16. The number of carbonyl (C=O) groups is 2. The van der Waals surface area contributed by atoms with Crippen LogP contribution in [0.15, 0.2) is 0 Å². The van der Waals surface area contributed by atoms with Crippen molar-refractivity contribution in [2.24, 2.45) is 0 Å². The van der Waals surface area contributed by atoms with Gasteiger partial charge in [-0.15, -0.1) is 0 Å². The van der Waals surface area contributed by atoms with Crippen molar-refractivity contribution in [1.29, 1.82) is 0 Å². The van der Waals surface area contributed by atoms with Crippen LogP contribution in [0.25, 0.3) is 0 Å². The number of hydrogen-bond acceptors (Lipinski definition) is 4. The normalized spacial score (nSPS) is 25.6. The molecule has 0 saturated carbocycles. The zero-order valence-corrected chi connectivity index (χ0v) is 15.3. The summed E-state index contributed by atoms with van der Waals surface area (Å²) in [4.78, 5) is 22.5. The van der Waals surface area contributed by atoms with Crippen LogP contribution in [0.5, 0.6) is 0 Å². The molecule has 128 valence electrons. The van der Waals surface area contributed by atoms with Crippen molar-refractivity contribution in [2.75, 3.05) is 18.1 Å². The Morgan fingerprint density at radius 1 is 1.36 bits per heavy atom. The molecule has 3 atom stereocenters. The number of rotatable bonds is 7. The summed E-state index contributed by atoms with van der Waals surface area (Å²) in [5.74, 6) is 2.16. The zero-order chi connectivity index (χ0) is 16.4. The molecule has 2 saturated heterocycles. The molecule has 2 aliphatic rings. The van der Waals surface area contributed by atoms with Gasteiger partial charge in [-0.2, -0.15) is 24.4 Å². The first-order valence-corrected chi connectivity index (χ1v) is 9.86. The Bertz CT molecular complexity index is 354. The van der Waals surface area contributed by atoms with E-state index in [-0.39, 0.29) is 18.0 Å². The monoisotopic (exact) mass is 347 g/mol. The predicted octanol–water partition coefficient (Wildman–Crippen LogP) is 2.17. The SMILES string of the molecule is CCCS.CCNC(=O)CCCCC1SCC2NC(=O)NC21. The maximum Gasteiger partial charge on any atom is 0.315 e. The first-order chi connectivity index (χ1) is 10.6. The van der Waals surface area contributed by atoms with Gasteiger partial charge in [0.25, 0.3) is 0 Å². The van der Waals surface area contributed by atoms with Crippen LogP contribution in [0.2, 0.25) is 0 Å². The highest BCUT2D eigenvalue weighted by Gasteiger charge is 2.42. The van der Waals surface area contributed by atoms with Gasteiger partial charge < -0.3 is 16.0 Å². The Labute approximate surface area is 143 Å². The molecule has 0 aromatic carbocycles. The number of thioether (sulfide) groups is 1. The first-order valence-electron chi connectivity index (χ1n) is 8.18.